The third-order valence-electron chi connectivity index (χ3n) is 1.10. The van der Waals surface area contributed by atoms with Crippen molar-refractivity contribution in [3.05, 3.63) is 0 Å². The lowest BCUT2D eigenvalue weighted by molar-refractivity contribution is 0.480. The van der Waals surface area contributed by atoms with Crippen molar-refractivity contribution in [3.8, 4) is 0 Å². The highest BCUT2D eigenvalue weighted by Crippen LogP contribution is 1.93. The fourth-order valence-electron chi connectivity index (χ4n) is 0.604. The zero-order valence-electron chi connectivity index (χ0n) is 6.60. The molecule has 0 aromatic carbocycles. The quantitative estimate of drug-likeness (QED) is 0.223. The second kappa shape index (κ2) is 4.94. The van der Waals surface area contributed by atoms with Gasteiger partial charge in [-0.15, -0.1) is 0 Å². The fraction of sp³-hybridized carbons (Fsp3) is 0.800. The van der Waals surface area contributed by atoms with Crippen LogP contribution in [0.1, 0.15) is 12.8 Å². The van der Waals surface area contributed by atoms with E-state index in [2.05, 4.69) is 4.99 Å². The van der Waals surface area contributed by atoms with Gasteiger partial charge in [-0.05, 0) is 12.8 Å². The van der Waals surface area contributed by atoms with E-state index in [0.717, 1.165) is 0 Å². The maximum Gasteiger partial charge on any atom is 0.264 e. The Balaban J connectivity index is 3.41. The van der Waals surface area contributed by atoms with E-state index in [1.807, 2.05) is 0 Å². The van der Waals surface area contributed by atoms with Crippen LogP contribution in [0.5, 0.6) is 0 Å². The molecule has 0 heterocycles. The molecule has 0 unspecified atom stereocenters. The lowest BCUT2D eigenvalue weighted by Gasteiger charge is -1.95. The SMILES string of the molecule is NC(N)=NCCCCS(=O)(=O)O. The average Bonchev–Trinajstić information content (AvgIpc) is 1.83. The van der Waals surface area contributed by atoms with E-state index >= 15 is 0 Å². The molecule has 0 spiro atoms. The monoisotopic (exact) mass is 195 g/mol. The molecule has 0 aliphatic heterocycles. The van der Waals surface area contributed by atoms with Gasteiger partial charge in [0.25, 0.3) is 10.1 Å². The van der Waals surface area contributed by atoms with Gasteiger partial charge in [0, 0.05) is 6.54 Å². The minimum absolute atomic E-state index is 0.0122. The molecule has 0 bridgehead atoms. The van der Waals surface area contributed by atoms with Gasteiger partial charge in [-0.25, -0.2) is 0 Å². The second-order valence-electron chi connectivity index (χ2n) is 2.30. The molecule has 0 aromatic rings. The first-order chi connectivity index (χ1) is 5.42. The second-order valence-corrected chi connectivity index (χ2v) is 3.87. The van der Waals surface area contributed by atoms with Gasteiger partial charge in [-0.1, -0.05) is 0 Å². The molecule has 0 aromatic heterocycles. The van der Waals surface area contributed by atoms with Crippen LogP contribution >= 0.6 is 0 Å². The van der Waals surface area contributed by atoms with Gasteiger partial charge in [-0.3, -0.25) is 9.55 Å². The Bertz CT molecular complexity index is 243. The van der Waals surface area contributed by atoms with E-state index in [1.165, 1.54) is 0 Å². The van der Waals surface area contributed by atoms with E-state index < -0.39 is 10.1 Å². The van der Waals surface area contributed by atoms with E-state index in [0.29, 0.717) is 19.4 Å². The molecule has 0 radical (unpaired) electrons. The molecule has 0 rings (SSSR count). The summed E-state index contributed by atoms with van der Waals surface area (Å²) in [6.45, 7) is 0.387. The van der Waals surface area contributed by atoms with Crippen molar-refractivity contribution in [3.63, 3.8) is 0 Å². The molecule has 0 aliphatic carbocycles. The van der Waals surface area contributed by atoms with Crippen LogP contribution < -0.4 is 11.5 Å². The topological polar surface area (TPSA) is 119 Å². The molecule has 0 amide bonds. The summed E-state index contributed by atoms with van der Waals surface area (Å²) in [6.07, 6.45) is 0.896. The van der Waals surface area contributed by atoms with Gasteiger partial charge in [0.1, 0.15) is 0 Å². The van der Waals surface area contributed by atoms with Crippen molar-refractivity contribution in [1.82, 2.24) is 0 Å². The van der Waals surface area contributed by atoms with Crippen LogP contribution in [0.3, 0.4) is 0 Å². The summed E-state index contributed by atoms with van der Waals surface area (Å²) in [7, 11) is -3.84. The van der Waals surface area contributed by atoms with Crippen molar-refractivity contribution in [1.29, 1.82) is 0 Å². The van der Waals surface area contributed by atoms with Crippen LogP contribution in [0, 0.1) is 0 Å². The standard InChI is InChI=1S/C5H13N3O3S/c6-5(7)8-3-1-2-4-12(9,10)11/h1-4H2,(H4,6,7,8)(H,9,10,11). The molecule has 72 valence electrons. The summed E-state index contributed by atoms with van der Waals surface area (Å²) < 4.78 is 28.7. The molecule has 0 atom stereocenters. The summed E-state index contributed by atoms with van der Waals surface area (Å²) in [5.74, 6) is -0.255. The van der Waals surface area contributed by atoms with Crippen molar-refractivity contribution in [2.45, 2.75) is 12.8 Å². The fourth-order valence-corrected chi connectivity index (χ4v) is 1.17. The number of hydrogen-bond acceptors (Lipinski definition) is 3. The lowest BCUT2D eigenvalue weighted by atomic mass is 10.3. The number of hydrogen-bond donors (Lipinski definition) is 3. The number of rotatable bonds is 5. The van der Waals surface area contributed by atoms with Crippen LogP contribution in [0.4, 0.5) is 0 Å². The Morgan fingerprint density at radius 3 is 2.33 bits per heavy atom. The van der Waals surface area contributed by atoms with Gasteiger partial charge in [0.05, 0.1) is 5.75 Å². The summed E-state index contributed by atoms with van der Waals surface area (Å²) in [4.78, 5) is 3.64. The largest absolute Gasteiger partial charge is 0.370 e. The molecule has 5 N–H and O–H groups in total. The third-order valence-corrected chi connectivity index (χ3v) is 1.91. The third kappa shape index (κ3) is 9.18. The van der Waals surface area contributed by atoms with Gasteiger partial charge in [0.15, 0.2) is 5.96 Å². The smallest absolute Gasteiger partial charge is 0.264 e. The van der Waals surface area contributed by atoms with Crippen LogP contribution in [-0.4, -0.2) is 31.2 Å². The predicted molar refractivity (Wildman–Crippen MR) is 46.3 cm³/mol. The summed E-state index contributed by atoms with van der Waals surface area (Å²) in [5.41, 5.74) is 10.0. The molecule has 0 saturated heterocycles. The maximum atomic E-state index is 10.2. The molecule has 7 heteroatoms. The van der Waals surface area contributed by atoms with Crippen molar-refractivity contribution < 1.29 is 13.0 Å². The van der Waals surface area contributed by atoms with Crippen LogP contribution in [-0.2, 0) is 10.1 Å². The molecule has 0 fully saturated rings. The van der Waals surface area contributed by atoms with E-state index in [9.17, 15) is 8.42 Å². The minimum Gasteiger partial charge on any atom is -0.370 e. The summed E-state index contributed by atoms with van der Waals surface area (Å²) in [5, 5.41) is 0. The van der Waals surface area contributed by atoms with Gasteiger partial charge in [0.2, 0.25) is 0 Å². The molecule has 12 heavy (non-hydrogen) atoms. The first-order valence-electron chi connectivity index (χ1n) is 3.42. The van der Waals surface area contributed by atoms with Crippen LogP contribution in [0.2, 0.25) is 0 Å². The number of nitrogens with zero attached hydrogens (tertiary/aromatic N) is 1. The minimum atomic E-state index is -3.84. The highest BCUT2D eigenvalue weighted by molar-refractivity contribution is 7.85. The highest BCUT2D eigenvalue weighted by atomic mass is 32.2. The summed E-state index contributed by atoms with van der Waals surface area (Å²) >= 11 is 0. The highest BCUT2D eigenvalue weighted by Gasteiger charge is 2.02. The Hall–Kier alpha value is -0.820. The van der Waals surface area contributed by atoms with Crippen molar-refractivity contribution in [2.24, 2.45) is 16.5 Å². The Kier molecular flexibility index (Phi) is 4.60. The Morgan fingerprint density at radius 2 is 1.92 bits per heavy atom. The van der Waals surface area contributed by atoms with E-state index in [1.54, 1.807) is 0 Å². The predicted octanol–water partition coefficient (Wildman–Crippen LogP) is -1.07. The van der Waals surface area contributed by atoms with E-state index in [-0.39, 0.29) is 11.7 Å². The normalized spacial score (nSPS) is 11.1. The van der Waals surface area contributed by atoms with Crippen LogP contribution in [0.25, 0.3) is 0 Å². The Labute approximate surface area is 71.4 Å². The number of aliphatic imine (C=N–C) groups is 1. The van der Waals surface area contributed by atoms with Gasteiger partial charge >= 0.3 is 0 Å². The average molecular weight is 195 g/mol. The molecule has 0 saturated carbocycles. The van der Waals surface area contributed by atoms with Crippen molar-refractivity contribution >= 4 is 16.1 Å². The number of nitrogens with two attached hydrogens (primary N) is 2. The maximum absolute atomic E-state index is 10.2. The number of unbranched alkanes of at least 4 members (excludes halogenated alkanes) is 1. The molecular formula is C5H13N3O3S. The van der Waals surface area contributed by atoms with Crippen molar-refractivity contribution in [2.75, 3.05) is 12.3 Å². The zero-order valence-corrected chi connectivity index (χ0v) is 7.42. The molecule has 6 nitrogen and oxygen atoms in total. The number of guanidine groups is 1. The first-order valence-corrected chi connectivity index (χ1v) is 5.03. The first kappa shape index (κ1) is 11.2. The van der Waals surface area contributed by atoms with Gasteiger partial charge < -0.3 is 11.5 Å². The zero-order chi connectivity index (χ0) is 9.61. The van der Waals surface area contributed by atoms with Gasteiger partial charge in [-0.2, -0.15) is 8.42 Å². The lowest BCUT2D eigenvalue weighted by Crippen LogP contribution is -2.23. The molecule has 0 aliphatic rings. The van der Waals surface area contributed by atoms with Crippen LogP contribution in [0.15, 0.2) is 4.99 Å². The summed E-state index contributed by atoms with van der Waals surface area (Å²) in [6, 6.07) is 0. The molecular weight excluding hydrogens is 182 g/mol. The van der Waals surface area contributed by atoms with E-state index in [4.69, 9.17) is 16.0 Å². The Morgan fingerprint density at radius 1 is 1.33 bits per heavy atom.